The van der Waals surface area contributed by atoms with Gasteiger partial charge in [0, 0.05) is 17.0 Å². The van der Waals surface area contributed by atoms with Crippen LogP contribution in [0.25, 0.3) is 0 Å². The van der Waals surface area contributed by atoms with Gasteiger partial charge in [-0.3, -0.25) is 4.79 Å². The third kappa shape index (κ3) is 5.15. The summed E-state index contributed by atoms with van der Waals surface area (Å²) in [5.74, 6) is 0.532. The summed E-state index contributed by atoms with van der Waals surface area (Å²) in [5, 5.41) is 2.05. The van der Waals surface area contributed by atoms with Gasteiger partial charge in [0.15, 0.2) is 0 Å². The van der Waals surface area contributed by atoms with Crippen molar-refractivity contribution < 1.29 is 17.9 Å². The highest BCUT2D eigenvalue weighted by molar-refractivity contribution is 7.89. The smallest absolute Gasteiger partial charge is 0.244 e. The van der Waals surface area contributed by atoms with Crippen LogP contribution in [0.1, 0.15) is 48.4 Å². The van der Waals surface area contributed by atoms with E-state index in [4.69, 9.17) is 4.74 Å². The molecule has 0 N–H and O–H groups in total. The molecular weight excluding hydrogens is 480 g/mol. The molecule has 1 aromatic heterocycles. The lowest BCUT2D eigenvalue weighted by Gasteiger charge is -2.40. The Morgan fingerprint density at radius 3 is 2.34 bits per heavy atom. The summed E-state index contributed by atoms with van der Waals surface area (Å²) in [6.45, 7) is 7.67. The lowest BCUT2D eigenvalue weighted by atomic mass is 9.93. The highest BCUT2D eigenvalue weighted by Gasteiger charge is 2.39. The minimum absolute atomic E-state index is 0.191. The van der Waals surface area contributed by atoms with Crippen molar-refractivity contribution in [3.05, 3.63) is 81.5 Å². The molecule has 1 amide bonds. The number of hydrogen-bond donors (Lipinski definition) is 0. The number of methoxy groups -OCH3 is 1. The first-order chi connectivity index (χ1) is 16.5. The van der Waals surface area contributed by atoms with E-state index in [1.54, 1.807) is 42.7 Å². The van der Waals surface area contributed by atoms with Gasteiger partial charge >= 0.3 is 0 Å². The fourth-order valence-electron chi connectivity index (χ4n) is 4.46. The standard InChI is InChI=1S/C27H32N2O4S2/c1-19-6-12-22(13-7-19)35(31,32)29(27(2,3)4)18-25(30)28-16-14-24-23(15-17-34-24)26(28)20-8-10-21(33-5)11-9-20/h6-13,15,17,26H,14,16,18H2,1-5H3. The van der Waals surface area contributed by atoms with Gasteiger partial charge in [0.25, 0.3) is 0 Å². The molecule has 35 heavy (non-hydrogen) atoms. The van der Waals surface area contributed by atoms with Crippen LogP contribution in [0, 0.1) is 6.92 Å². The highest BCUT2D eigenvalue weighted by Crippen LogP contribution is 2.38. The molecule has 0 aliphatic carbocycles. The summed E-state index contributed by atoms with van der Waals surface area (Å²) >= 11 is 1.70. The van der Waals surface area contributed by atoms with Crippen LogP contribution in [0.4, 0.5) is 0 Å². The second-order valence-corrected chi connectivity index (χ2v) is 12.7. The first kappa shape index (κ1) is 25.4. The minimum Gasteiger partial charge on any atom is -0.497 e. The Morgan fingerprint density at radius 1 is 1.09 bits per heavy atom. The van der Waals surface area contributed by atoms with E-state index >= 15 is 0 Å². The molecule has 0 saturated carbocycles. The summed E-state index contributed by atoms with van der Waals surface area (Å²) in [6, 6.07) is 16.3. The fraction of sp³-hybridized carbons (Fsp3) is 0.370. The van der Waals surface area contributed by atoms with Gasteiger partial charge in [-0.25, -0.2) is 8.42 Å². The van der Waals surface area contributed by atoms with E-state index in [9.17, 15) is 13.2 Å². The van der Waals surface area contributed by atoms with E-state index in [2.05, 4.69) is 11.4 Å². The number of thiophene rings is 1. The Balaban J connectivity index is 1.69. The highest BCUT2D eigenvalue weighted by atomic mass is 32.2. The molecule has 0 bridgehead atoms. The summed E-state index contributed by atoms with van der Waals surface area (Å²) in [6.07, 6.45) is 0.756. The summed E-state index contributed by atoms with van der Waals surface area (Å²) in [5.41, 5.74) is 2.27. The molecule has 2 heterocycles. The maximum absolute atomic E-state index is 13.8. The van der Waals surface area contributed by atoms with Crippen molar-refractivity contribution in [2.24, 2.45) is 0 Å². The van der Waals surface area contributed by atoms with Gasteiger partial charge in [0.1, 0.15) is 5.75 Å². The van der Waals surface area contributed by atoms with Crippen molar-refractivity contribution >= 4 is 27.3 Å². The molecule has 2 aromatic carbocycles. The van der Waals surface area contributed by atoms with Crippen molar-refractivity contribution in [2.45, 2.75) is 50.6 Å². The third-order valence-electron chi connectivity index (χ3n) is 6.35. The second-order valence-electron chi connectivity index (χ2n) is 9.81. The zero-order valence-electron chi connectivity index (χ0n) is 20.8. The van der Waals surface area contributed by atoms with Crippen molar-refractivity contribution in [1.29, 1.82) is 0 Å². The van der Waals surface area contributed by atoms with Gasteiger partial charge in [-0.2, -0.15) is 4.31 Å². The molecule has 0 saturated heterocycles. The second kappa shape index (κ2) is 9.76. The van der Waals surface area contributed by atoms with E-state index in [1.807, 2.05) is 56.9 Å². The predicted octanol–water partition coefficient (Wildman–Crippen LogP) is 5.03. The Labute approximate surface area is 212 Å². The molecule has 3 aromatic rings. The van der Waals surface area contributed by atoms with Crippen molar-refractivity contribution in [3.63, 3.8) is 0 Å². The van der Waals surface area contributed by atoms with Crippen LogP contribution in [0.3, 0.4) is 0 Å². The molecule has 0 radical (unpaired) electrons. The topological polar surface area (TPSA) is 66.9 Å². The number of fused-ring (bicyclic) bond motifs is 1. The van der Waals surface area contributed by atoms with Crippen LogP contribution in [0.2, 0.25) is 0 Å². The Kier molecular flexibility index (Phi) is 7.09. The van der Waals surface area contributed by atoms with Gasteiger partial charge in [0.2, 0.25) is 15.9 Å². The number of carbonyl (C=O) groups excluding carboxylic acids is 1. The predicted molar refractivity (Wildman–Crippen MR) is 139 cm³/mol. The van der Waals surface area contributed by atoms with Crippen LogP contribution < -0.4 is 4.74 Å². The van der Waals surface area contributed by atoms with Gasteiger partial charge < -0.3 is 9.64 Å². The average molecular weight is 513 g/mol. The summed E-state index contributed by atoms with van der Waals surface area (Å²) in [7, 11) is -2.26. The molecule has 0 fully saturated rings. The Bertz CT molecular complexity index is 1290. The maximum Gasteiger partial charge on any atom is 0.244 e. The molecule has 1 aliphatic rings. The number of benzene rings is 2. The van der Waals surface area contributed by atoms with Crippen LogP contribution in [0.5, 0.6) is 5.75 Å². The van der Waals surface area contributed by atoms with Crippen LogP contribution >= 0.6 is 11.3 Å². The summed E-state index contributed by atoms with van der Waals surface area (Å²) < 4.78 is 33.9. The number of amides is 1. The van der Waals surface area contributed by atoms with E-state index < -0.39 is 15.6 Å². The number of ether oxygens (including phenoxy) is 1. The van der Waals surface area contributed by atoms with E-state index in [1.165, 1.54) is 9.18 Å². The van der Waals surface area contributed by atoms with Crippen molar-refractivity contribution in [3.8, 4) is 5.75 Å². The number of sulfonamides is 1. The molecule has 1 atom stereocenters. The first-order valence-corrected chi connectivity index (χ1v) is 13.9. The van der Waals surface area contributed by atoms with Crippen LogP contribution in [-0.2, 0) is 21.2 Å². The van der Waals surface area contributed by atoms with Crippen LogP contribution in [-0.4, -0.2) is 49.3 Å². The number of aryl methyl sites for hydroxylation is 1. The van der Waals surface area contributed by atoms with Crippen molar-refractivity contribution in [2.75, 3.05) is 20.2 Å². The quantitative estimate of drug-likeness (QED) is 0.465. The number of nitrogens with zero attached hydrogens (tertiary/aromatic N) is 2. The summed E-state index contributed by atoms with van der Waals surface area (Å²) in [4.78, 5) is 17.1. The molecule has 186 valence electrons. The molecule has 8 heteroatoms. The molecule has 0 spiro atoms. The van der Waals surface area contributed by atoms with Gasteiger partial charge in [0.05, 0.1) is 24.6 Å². The number of carbonyl (C=O) groups is 1. The molecule has 1 unspecified atom stereocenters. The average Bonchev–Trinajstić information content (AvgIpc) is 3.30. The molecule has 6 nitrogen and oxygen atoms in total. The molecular formula is C27H32N2O4S2. The van der Waals surface area contributed by atoms with E-state index in [0.717, 1.165) is 28.9 Å². The normalized spacial score (nSPS) is 16.3. The van der Waals surface area contributed by atoms with E-state index in [-0.39, 0.29) is 23.4 Å². The lowest BCUT2D eigenvalue weighted by molar-refractivity contribution is -0.134. The maximum atomic E-state index is 13.8. The van der Waals surface area contributed by atoms with Gasteiger partial charge in [-0.15, -0.1) is 11.3 Å². The molecule has 1 aliphatic heterocycles. The molecule has 4 rings (SSSR count). The van der Waals surface area contributed by atoms with Gasteiger partial charge in [-0.1, -0.05) is 29.8 Å². The largest absolute Gasteiger partial charge is 0.497 e. The third-order valence-corrected chi connectivity index (χ3v) is 9.48. The van der Waals surface area contributed by atoms with Crippen LogP contribution in [0.15, 0.2) is 64.9 Å². The monoisotopic (exact) mass is 512 g/mol. The fourth-order valence-corrected chi connectivity index (χ4v) is 7.10. The minimum atomic E-state index is -3.88. The Hall–Kier alpha value is -2.68. The van der Waals surface area contributed by atoms with E-state index in [0.29, 0.717) is 6.54 Å². The SMILES string of the molecule is COc1ccc(C2c3ccsc3CCN2C(=O)CN(C(C)(C)C)S(=O)(=O)c2ccc(C)cc2)cc1. The Morgan fingerprint density at radius 2 is 1.74 bits per heavy atom. The zero-order valence-corrected chi connectivity index (χ0v) is 22.4. The van der Waals surface area contributed by atoms with Crippen molar-refractivity contribution in [1.82, 2.24) is 9.21 Å². The number of hydrogen-bond acceptors (Lipinski definition) is 5. The number of rotatable bonds is 6. The van der Waals surface area contributed by atoms with Gasteiger partial charge in [-0.05, 0) is 81.0 Å². The zero-order chi connectivity index (χ0) is 25.4. The first-order valence-electron chi connectivity index (χ1n) is 11.6. The lowest BCUT2D eigenvalue weighted by Crippen LogP contribution is -2.52.